The van der Waals surface area contributed by atoms with Gasteiger partial charge >= 0.3 is 5.97 Å². The van der Waals surface area contributed by atoms with Crippen LogP contribution >= 0.6 is 11.6 Å². The molecule has 1 fully saturated rings. The smallest absolute Gasteiger partial charge is 0.323 e. The van der Waals surface area contributed by atoms with Crippen molar-refractivity contribution in [2.75, 3.05) is 11.4 Å². The highest BCUT2D eigenvalue weighted by Gasteiger charge is 2.28. The Morgan fingerprint density at radius 1 is 1.38 bits per heavy atom. The fourth-order valence-electron chi connectivity index (χ4n) is 2.14. The summed E-state index contributed by atoms with van der Waals surface area (Å²) in [6.45, 7) is 0.219. The minimum Gasteiger partial charge on any atom is -0.480 e. The molecule has 1 N–H and O–H groups in total. The largest absolute Gasteiger partial charge is 0.480 e. The fraction of sp³-hybridized carbons (Fsp3) is 0.385. The number of hydrogen-bond donors (Lipinski definition) is 1. The molecule has 2 aromatic rings. The van der Waals surface area contributed by atoms with Crippen molar-refractivity contribution in [3.05, 3.63) is 35.1 Å². The molecule has 1 aliphatic carbocycles. The van der Waals surface area contributed by atoms with E-state index in [1.807, 2.05) is 0 Å². The molecule has 3 rings (SSSR count). The predicted molar refractivity (Wildman–Crippen MR) is 76.2 cm³/mol. The molecule has 0 unspecified atom stereocenters. The van der Waals surface area contributed by atoms with Crippen molar-refractivity contribution < 1.29 is 9.90 Å². The van der Waals surface area contributed by atoms with Crippen molar-refractivity contribution in [1.82, 2.24) is 20.2 Å². The molecule has 1 saturated carbocycles. The first-order valence-corrected chi connectivity index (χ1v) is 7.00. The molecule has 110 valence electrons. The second-order valence-electron chi connectivity index (χ2n) is 5.00. The number of hydrogen-bond acceptors (Lipinski definition) is 5. The van der Waals surface area contributed by atoms with Gasteiger partial charge < -0.3 is 10.0 Å². The highest BCUT2D eigenvalue weighted by molar-refractivity contribution is 6.30. The second kappa shape index (κ2) is 5.69. The van der Waals surface area contributed by atoms with Gasteiger partial charge in [0, 0.05) is 10.7 Å². The zero-order chi connectivity index (χ0) is 14.8. The minimum absolute atomic E-state index is 0.126. The van der Waals surface area contributed by atoms with E-state index in [9.17, 15) is 4.79 Å². The van der Waals surface area contributed by atoms with E-state index in [0.717, 1.165) is 18.5 Å². The third-order valence-corrected chi connectivity index (χ3v) is 3.56. The van der Waals surface area contributed by atoms with Gasteiger partial charge in [-0.05, 0) is 47.5 Å². The Morgan fingerprint density at radius 3 is 2.71 bits per heavy atom. The van der Waals surface area contributed by atoms with Gasteiger partial charge in [0.2, 0.25) is 0 Å². The summed E-state index contributed by atoms with van der Waals surface area (Å²) in [6.07, 6.45) is 2.13. The van der Waals surface area contributed by atoms with Crippen molar-refractivity contribution in [3.63, 3.8) is 0 Å². The fourth-order valence-corrected chi connectivity index (χ4v) is 2.27. The molecule has 0 atom stereocenters. The van der Waals surface area contributed by atoms with Crippen LogP contribution in [0.5, 0.6) is 0 Å². The van der Waals surface area contributed by atoms with E-state index in [1.54, 1.807) is 33.8 Å². The summed E-state index contributed by atoms with van der Waals surface area (Å²) >= 11 is 5.87. The van der Waals surface area contributed by atoms with Crippen LogP contribution in [0.2, 0.25) is 5.02 Å². The number of nitrogens with zero attached hydrogens (tertiary/aromatic N) is 5. The molecular weight excluding hydrogens is 294 g/mol. The molecule has 0 aliphatic heterocycles. The topological polar surface area (TPSA) is 84.1 Å². The third kappa shape index (κ3) is 3.30. The first kappa shape index (κ1) is 13.8. The predicted octanol–water partition coefficient (Wildman–Crippen LogP) is 1.75. The number of carbonyl (C=O) groups is 1. The van der Waals surface area contributed by atoms with Crippen LogP contribution < -0.4 is 4.90 Å². The van der Waals surface area contributed by atoms with E-state index in [2.05, 4.69) is 15.5 Å². The third-order valence-electron chi connectivity index (χ3n) is 3.30. The van der Waals surface area contributed by atoms with E-state index >= 15 is 0 Å². The molecule has 7 nitrogen and oxygen atoms in total. The lowest BCUT2D eigenvalue weighted by Crippen LogP contribution is -2.30. The normalized spacial score (nSPS) is 14.1. The Bertz CT molecular complexity index is 638. The Hall–Kier alpha value is -2.15. The van der Waals surface area contributed by atoms with E-state index in [4.69, 9.17) is 16.7 Å². The highest BCUT2D eigenvalue weighted by Crippen LogP contribution is 2.34. The van der Waals surface area contributed by atoms with Crippen LogP contribution in [0.1, 0.15) is 24.7 Å². The number of halogens is 1. The number of anilines is 1. The SMILES string of the molecule is O=C(O)CN(Cc1nnnn1C1CC1)c1ccc(Cl)cc1. The summed E-state index contributed by atoms with van der Waals surface area (Å²) in [5.74, 6) is -0.232. The van der Waals surface area contributed by atoms with E-state index in [1.165, 1.54) is 0 Å². The van der Waals surface area contributed by atoms with Crippen molar-refractivity contribution in [1.29, 1.82) is 0 Å². The van der Waals surface area contributed by atoms with Crippen LogP contribution in [0.4, 0.5) is 5.69 Å². The molecule has 0 bridgehead atoms. The number of benzene rings is 1. The van der Waals surface area contributed by atoms with Gasteiger partial charge in [0.1, 0.15) is 6.54 Å². The molecule has 0 amide bonds. The molecule has 0 radical (unpaired) electrons. The number of carboxylic acids is 1. The summed E-state index contributed by atoms with van der Waals surface area (Å²) in [5.41, 5.74) is 0.771. The maximum absolute atomic E-state index is 11.1. The van der Waals surface area contributed by atoms with Crippen LogP contribution in [0, 0.1) is 0 Å². The summed E-state index contributed by atoms with van der Waals surface area (Å²) in [4.78, 5) is 12.8. The van der Waals surface area contributed by atoms with E-state index in [-0.39, 0.29) is 6.54 Å². The first-order chi connectivity index (χ1) is 10.1. The number of aliphatic carboxylic acids is 1. The maximum atomic E-state index is 11.1. The zero-order valence-electron chi connectivity index (χ0n) is 11.2. The van der Waals surface area contributed by atoms with E-state index < -0.39 is 5.97 Å². The minimum atomic E-state index is -0.907. The van der Waals surface area contributed by atoms with Gasteiger partial charge in [-0.2, -0.15) is 0 Å². The molecule has 0 spiro atoms. The lowest BCUT2D eigenvalue weighted by molar-refractivity contribution is -0.135. The van der Waals surface area contributed by atoms with Crippen LogP contribution in [0.25, 0.3) is 0 Å². The van der Waals surface area contributed by atoms with E-state index in [0.29, 0.717) is 23.4 Å². The Labute approximate surface area is 126 Å². The number of aromatic nitrogens is 4. The monoisotopic (exact) mass is 307 g/mol. The van der Waals surface area contributed by atoms with Crippen LogP contribution in [-0.2, 0) is 11.3 Å². The van der Waals surface area contributed by atoms with Crippen LogP contribution in [-0.4, -0.2) is 37.8 Å². The van der Waals surface area contributed by atoms with Crippen molar-refractivity contribution in [2.45, 2.75) is 25.4 Å². The Kier molecular flexibility index (Phi) is 3.74. The molecule has 1 heterocycles. The second-order valence-corrected chi connectivity index (χ2v) is 5.43. The van der Waals surface area contributed by atoms with Crippen molar-refractivity contribution in [2.24, 2.45) is 0 Å². The standard InChI is InChI=1S/C13H14ClN5O2/c14-9-1-3-10(4-2-9)18(8-13(20)21)7-12-15-16-17-19(12)11-5-6-11/h1-4,11H,5-8H2,(H,20,21). The summed E-state index contributed by atoms with van der Waals surface area (Å²) in [7, 11) is 0. The van der Waals surface area contributed by atoms with Crippen LogP contribution in [0.15, 0.2) is 24.3 Å². The quantitative estimate of drug-likeness (QED) is 0.875. The summed E-state index contributed by atoms with van der Waals surface area (Å²) in [6, 6.07) is 7.39. The van der Waals surface area contributed by atoms with Gasteiger partial charge in [-0.25, -0.2) is 4.68 Å². The van der Waals surface area contributed by atoms with Gasteiger partial charge in [-0.1, -0.05) is 11.6 Å². The molecule has 1 aromatic heterocycles. The first-order valence-electron chi connectivity index (χ1n) is 6.62. The molecule has 21 heavy (non-hydrogen) atoms. The van der Waals surface area contributed by atoms with Crippen molar-refractivity contribution in [3.8, 4) is 0 Å². The lowest BCUT2D eigenvalue weighted by atomic mass is 10.2. The van der Waals surface area contributed by atoms with Crippen LogP contribution in [0.3, 0.4) is 0 Å². The summed E-state index contributed by atoms with van der Waals surface area (Å²) < 4.78 is 1.78. The van der Waals surface area contributed by atoms with Crippen molar-refractivity contribution >= 4 is 23.3 Å². The number of rotatable bonds is 6. The van der Waals surface area contributed by atoms with Gasteiger partial charge in [0.25, 0.3) is 0 Å². The molecular formula is C13H14ClN5O2. The van der Waals surface area contributed by atoms with Gasteiger partial charge in [-0.15, -0.1) is 5.10 Å². The molecule has 0 saturated heterocycles. The number of tetrazole rings is 1. The van der Waals surface area contributed by atoms with Gasteiger partial charge in [0.05, 0.1) is 12.6 Å². The maximum Gasteiger partial charge on any atom is 0.323 e. The van der Waals surface area contributed by atoms with Gasteiger partial charge in [0.15, 0.2) is 5.82 Å². The van der Waals surface area contributed by atoms with Gasteiger partial charge in [-0.3, -0.25) is 4.79 Å². The highest BCUT2D eigenvalue weighted by atomic mass is 35.5. The average Bonchev–Trinajstić information content (AvgIpc) is 3.19. The Balaban J connectivity index is 1.83. The lowest BCUT2D eigenvalue weighted by Gasteiger charge is -2.22. The summed E-state index contributed by atoms with van der Waals surface area (Å²) in [5, 5.41) is 21.4. The zero-order valence-corrected chi connectivity index (χ0v) is 11.9. The molecule has 1 aromatic carbocycles. The Morgan fingerprint density at radius 2 is 2.10 bits per heavy atom. The average molecular weight is 308 g/mol. The molecule has 1 aliphatic rings. The number of carboxylic acid groups (broad SMARTS) is 1. The molecule has 8 heteroatoms.